The lowest BCUT2D eigenvalue weighted by molar-refractivity contribution is -0.128. The number of hydrogen-bond acceptors (Lipinski definition) is 5. The molecule has 0 bridgehead atoms. The number of aromatic nitrogens is 3. The first kappa shape index (κ1) is 15.5. The van der Waals surface area contributed by atoms with Gasteiger partial charge in [0.25, 0.3) is 0 Å². The first-order chi connectivity index (χ1) is 11.1. The van der Waals surface area contributed by atoms with Crippen molar-refractivity contribution in [3.05, 3.63) is 31.2 Å². The zero-order valence-corrected chi connectivity index (χ0v) is 13.5. The van der Waals surface area contributed by atoms with Crippen molar-refractivity contribution in [3.63, 3.8) is 0 Å². The number of H-pyrrole nitrogens is 1. The Kier molecular flexibility index (Phi) is 4.29. The van der Waals surface area contributed by atoms with Gasteiger partial charge in [0, 0.05) is 31.4 Å². The van der Waals surface area contributed by atoms with Gasteiger partial charge in [0.15, 0.2) is 0 Å². The number of hydrogen-bond donors (Lipinski definition) is 2. The number of rotatable bonds is 4. The van der Waals surface area contributed by atoms with Crippen LogP contribution in [0.15, 0.2) is 31.2 Å². The van der Waals surface area contributed by atoms with Crippen LogP contribution in [0.2, 0.25) is 0 Å². The number of anilines is 1. The molecule has 1 amide bonds. The first-order valence-corrected chi connectivity index (χ1v) is 7.71. The van der Waals surface area contributed by atoms with Crippen molar-refractivity contribution >= 4 is 22.8 Å². The van der Waals surface area contributed by atoms with E-state index in [1.165, 1.54) is 6.08 Å². The zero-order chi connectivity index (χ0) is 16.4. The average molecular weight is 314 g/mol. The number of aromatic amines is 1. The Morgan fingerprint density at radius 1 is 1.48 bits per heavy atom. The molecule has 122 valence electrons. The fourth-order valence-corrected chi connectivity index (χ4v) is 3.04. The summed E-state index contributed by atoms with van der Waals surface area (Å²) in [5.74, 6) is 0.768. The average Bonchev–Trinajstić information content (AvgIpc) is 3.03. The topological polar surface area (TPSA) is 77.1 Å². The van der Waals surface area contributed by atoms with E-state index in [2.05, 4.69) is 31.7 Å². The van der Waals surface area contributed by atoms with Crippen molar-refractivity contribution in [1.82, 2.24) is 24.8 Å². The molecule has 2 unspecified atom stereocenters. The highest BCUT2D eigenvalue weighted by molar-refractivity contribution is 5.88. The van der Waals surface area contributed by atoms with E-state index < -0.39 is 0 Å². The van der Waals surface area contributed by atoms with Gasteiger partial charge in [0.05, 0.1) is 5.39 Å². The molecule has 2 N–H and O–H groups in total. The van der Waals surface area contributed by atoms with E-state index in [0.717, 1.165) is 29.8 Å². The highest BCUT2D eigenvalue weighted by Gasteiger charge is 2.30. The minimum absolute atomic E-state index is 0.0298. The van der Waals surface area contributed by atoms with E-state index in [0.29, 0.717) is 12.6 Å². The number of nitrogens with one attached hydrogen (secondary N) is 2. The van der Waals surface area contributed by atoms with Gasteiger partial charge in [-0.15, -0.1) is 0 Å². The molecule has 0 spiro atoms. The van der Waals surface area contributed by atoms with Crippen LogP contribution < -0.4 is 5.32 Å². The van der Waals surface area contributed by atoms with Crippen molar-refractivity contribution < 1.29 is 4.79 Å². The minimum Gasteiger partial charge on any atom is -0.365 e. The Hall–Kier alpha value is -2.41. The number of carbonyl (C=O) groups excluding carboxylic acids is 1. The molecule has 1 aliphatic heterocycles. The number of carbonyl (C=O) groups is 1. The van der Waals surface area contributed by atoms with E-state index in [1.807, 2.05) is 31.3 Å². The van der Waals surface area contributed by atoms with Gasteiger partial charge in [-0.25, -0.2) is 9.97 Å². The predicted molar refractivity (Wildman–Crippen MR) is 90.2 cm³/mol. The summed E-state index contributed by atoms with van der Waals surface area (Å²) in [6.07, 6.45) is 5.72. The fourth-order valence-electron chi connectivity index (χ4n) is 3.04. The van der Waals surface area contributed by atoms with Gasteiger partial charge in [0.2, 0.25) is 5.91 Å². The number of amides is 1. The fraction of sp³-hybridized carbons (Fsp3) is 0.438. The molecule has 7 heteroatoms. The monoisotopic (exact) mass is 314 g/mol. The lowest BCUT2D eigenvalue weighted by Crippen LogP contribution is -2.54. The second-order valence-corrected chi connectivity index (χ2v) is 6.10. The lowest BCUT2D eigenvalue weighted by atomic mass is 9.99. The quantitative estimate of drug-likeness (QED) is 0.826. The van der Waals surface area contributed by atoms with Crippen LogP contribution in [-0.2, 0) is 4.79 Å². The maximum Gasteiger partial charge on any atom is 0.246 e. The van der Waals surface area contributed by atoms with E-state index in [9.17, 15) is 4.79 Å². The Morgan fingerprint density at radius 3 is 3.04 bits per heavy atom. The standard InChI is InChI=1S/C16H22N6O/c1-4-14(23)22-8-11(7-12(9-22)21(2)3)20-16-13-5-6-17-15(13)18-10-19-16/h4-6,10-12H,1,7-9H2,2-3H3,(H2,17,18,19,20). The number of fused-ring (bicyclic) bond motifs is 1. The number of nitrogens with zero attached hydrogens (tertiary/aromatic N) is 4. The number of likely N-dealkylation sites (tertiary alicyclic amines) is 1. The Morgan fingerprint density at radius 2 is 2.30 bits per heavy atom. The third kappa shape index (κ3) is 3.19. The van der Waals surface area contributed by atoms with E-state index in [4.69, 9.17) is 0 Å². The molecule has 3 heterocycles. The molecule has 0 aromatic carbocycles. The molecule has 7 nitrogen and oxygen atoms in total. The largest absolute Gasteiger partial charge is 0.365 e. The molecular weight excluding hydrogens is 292 g/mol. The van der Waals surface area contributed by atoms with Gasteiger partial charge in [-0.2, -0.15) is 0 Å². The highest BCUT2D eigenvalue weighted by Crippen LogP contribution is 2.22. The molecule has 1 saturated heterocycles. The van der Waals surface area contributed by atoms with Crippen LogP contribution in [0.3, 0.4) is 0 Å². The predicted octanol–water partition coefficient (Wildman–Crippen LogP) is 1.09. The summed E-state index contributed by atoms with van der Waals surface area (Å²) in [5.41, 5.74) is 0.807. The third-order valence-electron chi connectivity index (χ3n) is 4.34. The Labute approximate surface area is 135 Å². The maximum atomic E-state index is 12.0. The summed E-state index contributed by atoms with van der Waals surface area (Å²) in [7, 11) is 4.08. The molecule has 0 radical (unpaired) electrons. The molecule has 3 rings (SSSR count). The summed E-state index contributed by atoms with van der Waals surface area (Å²) >= 11 is 0. The van der Waals surface area contributed by atoms with Gasteiger partial charge >= 0.3 is 0 Å². The maximum absolute atomic E-state index is 12.0. The summed E-state index contributed by atoms with van der Waals surface area (Å²) in [5, 5.41) is 4.44. The van der Waals surface area contributed by atoms with Crippen LogP contribution in [0.5, 0.6) is 0 Å². The molecule has 2 aromatic rings. The van der Waals surface area contributed by atoms with Crippen molar-refractivity contribution in [2.45, 2.75) is 18.5 Å². The van der Waals surface area contributed by atoms with Crippen LogP contribution in [-0.4, -0.2) is 69.9 Å². The van der Waals surface area contributed by atoms with Crippen molar-refractivity contribution in [2.24, 2.45) is 0 Å². The Bertz CT molecular complexity index is 709. The number of likely N-dealkylation sites (N-methyl/N-ethyl adjacent to an activating group) is 1. The summed E-state index contributed by atoms with van der Waals surface area (Å²) in [6.45, 7) is 4.96. The molecule has 1 fully saturated rings. The second kappa shape index (κ2) is 6.37. The zero-order valence-electron chi connectivity index (χ0n) is 13.5. The second-order valence-electron chi connectivity index (χ2n) is 6.10. The molecule has 0 aliphatic carbocycles. The summed E-state index contributed by atoms with van der Waals surface area (Å²) < 4.78 is 0. The highest BCUT2D eigenvalue weighted by atomic mass is 16.2. The summed E-state index contributed by atoms with van der Waals surface area (Å²) in [4.78, 5) is 27.7. The first-order valence-electron chi connectivity index (χ1n) is 7.71. The molecule has 2 aromatic heterocycles. The third-order valence-corrected chi connectivity index (χ3v) is 4.34. The van der Waals surface area contributed by atoms with Gasteiger partial charge in [-0.1, -0.05) is 6.58 Å². The van der Waals surface area contributed by atoms with Crippen LogP contribution in [0.25, 0.3) is 11.0 Å². The van der Waals surface area contributed by atoms with E-state index in [1.54, 1.807) is 6.33 Å². The van der Waals surface area contributed by atoms with Gasteiger partial charge < -0.3 is 20.1 Å². The summed E-state index contributed by atoms with van der Waals surface area (Å²) in [6, 6.07) is 2.39. The molecule has 1 aliphatic rings. The van der Waals surface area contributed by atoms with Crippen LogP contribution in [0.4, 0.5) is 5.82 Å². The van der Waals surface area contributed by atoms with Crippen LogP contribution >= 0.6 is 0 Å². The SMILES string of the molecule is C=CC(=O)N1CC(Nc2ncnc3[nH]ccc23)CC(N(C)C)C1. The van der Waals surface area contributed by atoms with Crippen molar-refractivity contribution in [2.75, 3.05) is 32.5 Å². The molecule has 0 saturated carbocycles. The van der Waals surface area contributed by atoms with Gasteiger partial charge in [0.1, 0.15) is 17.8 Å². The van der Waals surface area contributed by atoms with Crippen LogP contribution in [0, 0.1) is 0 Å². The van der Waals surface area contributed by atoms with Gasteiger partial charge in [-0.3, -0.25) is 4.79 Å². The van der Waals surface area contributed by atoms with Crippen LogP contribution in [0.1, 0.15) is 6.42 Å². The molecular formula is C16H22N6O. The van der Waals surface area contributed by atoms with E-state index >= 15 is 0 Å². The Balaban J connectivity index is 1.81. The molecule has 2 atom stereocenters. The minimum atomic E-state index is -0.0298. The smallest absolute Gasteiger partial charge is 0.246 e. The van der Waals surface area contributed by atoms with Crippen molar-refractivity contribution in [1.29, 1.82) is 0 Å². The van der Waals surface area contributed by atoms with E-state index in [-0.39, 0.29) is 11.9 Å². The van der Waals surface area contributed by atoms with Crippen molar-refractivity contribution in [3.8, 4) is 0 Å². The lowest BCUT2D eigenvalue weighted by Gasteiger charge is -2.40. The van der Waals surface area contributed by atoms with Gasteiger partial charge in [-0.05, 0) is 32.7 Å². The normalized spacial score (nSPS) is 21.6. The number of piperidine rings is 1. The molecule has 23 heavy (non-hydrogen) atoms.